The van der Waals surface area contributed by atoms with Gasteiger partial charge >= 0.3 is 5.97 Å². The van der Waals surface area contributed by atoms with Crippen LogP contribution in [0.2, 0.25) is 0 Å². The minimum Gasteiger partial charge on any atom is -0.458 e. The fourth-order valence-electron chi connectivity index (χ4n) is 7.65. The van der Waals surface area contributed by atoms with E-state index in [-0.39, 0.29) is 62.7 Å². The molecule has 1 aliphatic carbocycles. The zero-order valence-electron chi connectivity index (χ0n) is 29.4. The molecule has 0 radical (unpaired) electrons. The first-order valence-corrected chi connectivity index (χ1v) is 17.7. The van der Waals surface area contributed by atoms with E-state index in [0.29, 0.717) is 52.7 Å². The lowest BCUT2D eigenvalue weighted by atomic mass is 9.81. The molecule has 0 saturated carbocycles. The molecule has 0 unspecified atom stereocenters. The van der Waals surface area contributed by atoms with E-state index in [1.54, 1.807) is 19.9 Å². The lowest BCUT2D eigenvalue weighted by Crippen LogP contribution is -2.44. The summed E-state index contributed by atoms with van der Waals surface area (Å²) in [5.74, 6) is -2.41. The number of pyridine rings is 2. The van der Waals surface area contributed by atoms with Crippen LogP contribution in [0.25, 0.3) is 22.3 Å². The summed E-state index contributed by atoms with van der Waals surface area (Å²) in [6.45, 7) is 2.58. The number of halogens is 1. The SMILES string of the molecule is CC[C@@]1(O)C(=O)OCc2c1cc1n(c2=O)Cc2c-1nc1cc(F)c(C)c3c1c2[C@@H](NC(=O)COCCC(=O)CNC(=O)[C@@H](N)Cc1ccccc1)CC3. The summed E-state index contributed by atoms with van der Waals surface area (Å²) in [6.07, 6.45) is 1.22. The number of nitrogens with zero attached hydrogens (tertiary/aromatic N) is 2. The van der Waals surface area contributed by atoms with Crippen molar-refractivity contribution in [2.24, 2.45) is 5.73 Å². The van der Waals surface area contributed by atoms with Crippen LogP contribution in [-0.2, 0) is 60.2 Å². The van der Waals surface area contributed by atoms with Crippen molar-refractivity contribution in [2.45, 2.75) is 76.8 Å². The van der Waals surface area contributed by atoms with Crippen molar-refractivity contribution in [1.29, 1.82) is 0 Å². The molecule has 14 heteroatoms. The predicted molar refractivity (Wildman–Crippen MR) is 190 cm³/mol. The molecule has 2 aromatic carbocycles. The van der Waals surface area contributed by atoms with Crippen LogP contribution in [0.15, 0.2) is 47.3 Å². The highest BCUT2D eigenvalue weighted by Crippen LogP contribution is 2.46. The van der Waals surface area contributed by atoms with Gasteiger partial charge in [-0.15, -0.1) is 0 Å². The average molecular weight is 726 g/mol. The van der Waals surface area contributed by atoms with Gasteiger partial charge in [0.1, 0.15) is 19.0 Å². The Morgan fingerprint density at radius 1 is 1.17 bits per heavy atom. The first-order chi connectivity index (χ1) is 25.4. The number of ketones is 1. The highest BCUT2D eigenvalue weighted by Gasteiger charge is 2.46. The molecule has 13 nitrogen and oxygen atoms in total. The minimum atomic E-state index is -2.00. The zero-order chi connectivity index (χ0) is 37.6. The summed E-state index contributed by atoms with van der Waals surface area (Å²) >= 11 is 0. The summed E-state index contributed by atoms with van der Waals surface area (Å²) in [4.78, 5) is 69.3. The van der Waals surface area contributed by atoms with Gasteiger partial charge in [-0.2, -0.15) is 0 Å². The second-order valence-corrected chi connectivity index (χ2v) is 13.8. The summed E-state index contributed by atoms with van der Waals surface area (Å²) < 4.78 is 27.4. The van der Waals surface area contributed by atoms with Crippen molar-refractivity contribution in [1.82, 2.24) is 20.2 Å². The number of carbonyl (C=O) groups is 4. The van der Waals surface area contributed by atoms with Crippen LogP contribution >= 0.6 is 0 Å². The van der Waals surface area contributed by atoms with Crippen LogP contribution in [0.5, 0.6) is 0 Å². The number of nitrogens with two attached hydrogens (primary N) is 1. The first kappa shape index (κ1) is 36.1. The van der Waals surface area contributed by atoms with Crippen LogP contribution in [-0.4, -0.2) is 64.0 Å². The molecule has 2 aromatic heterocycles. The third-order valence-electron chi connectivity index (χ3n) is 10.6. The Hall–Kier alpha value is -5.31. The monoisotopic (exact) mass is 725 g/mol. The topological polar surface area (TPSA) is 192 Å². The number of carbonyl (C=O) groups excluding carboxylic acids is 4. The predicted octanol–water partition coefficient (Wildman–Crippen LogP) is 2.29. The Kier molecular flexibility index (Phi) is 9.70. The van der Waals surface area contributed by atoms with Gasteiger partial charge < -0.3 is 35.5 Å². The molecule has 4 aromatic rings. The van der Waals surface area contributed by atoms with Gasteiger partial charge in [-0.05, 0) is 60.9 Å². The van der Waals surface area contributed by atoms with Crippen molar-refractivity contribution in [2.75, 3.05) is 19.8 Å². The van der Waals surface area contributed by atoms with Crippen LogP contribution in [0.4, 0.5) is 4.39 Å². The van der Waals surface area contributed by atoms with Crippen molar-refractivity contribution < 1.29 is 38.1 Å². The number of fused-ring (bicyclic) bond motifs is 5. The molecule has 0 saturated heterocycles. The van der Waals surface area contributed by atoms with Gasteiger partial charge in [0, 0.05) is 29.0 Å². The molecule has 0 bridgehead atoms. The number of nitrogens with one attached hydrogen (secondary N) is 2. The Morgan fingerprint density at radius 2 is 1.94 bits per heavy atom. The van der Waals surface area contributed by atoms with Gasteiger partial charge in [0.25, 0.3) is 5.56 Å². The number of esters is 1. The maximum Gasteiger partial charge on any atom is 0.343 e. The number of amides is 2. The number of aryl methyl sites for hydroxylation is 1. The Balaban J connectivity index is 1.05. The van der Waals surface area contributed by atoms with E-state index in [0.717, 1.165) is 16.7 Å². The smallest absolute Gasteiger partial charge is 0.343 e. The number of cyclic esters (lactones) is 1. The molecule has 2 amide bonds. The molecule has 3 atom stereocenters. The average Bonchev–Trinajstić information content (AvgIpc) is 3.52. The quantitative estimate of drug-likeness (QED) is 0.110. The number of aliphatic hydroxyl groups is 1. The standard InChI is InChI=1S/C39H40FN5O8/c1-3-39(51)26-14-31-35-24(17-45(31)37(49)25(26)18-53-38(39)50)34-29(10-9-23-20(2)27(40)15-30(44-35)33(23)34)43-32(47)19-52-12-11-22(46)16-42-36(48)28(41)13-21-7-5-4-6-8-21/h4-8,14-15,28-29,51H,3,9-13,16-19,41H2,1-2H3,(H,42,48)(H,43,47)/t28-,29-,39-/m0/s1. The summed E-state index contributed by atoms with van der Waals surface area (Å²) in [7, 11) is 0. The molecular formula is C39H40FN5O8. The fourth-order valence-corrected chi connectivity index (χ4v) is 7.65. The lowest BCUT2D eigenvalue weighted by molar-refractivity contribution is -0.172. The molecule has 2 aliphatic heterocycles. The molecule has 3 aliphatic rings. The second-order valence-electron chi connectivity index (χ2n) is 13.8. The number of Topliss-reactive ketones (excluding diaryl/α,β-unsaturated/α-hetero) is 1. The summed E-state index contributed by atoms with van der Waals surface area (Å²) in [5.41, 5.74) is 8.62. The highest BCUT2D eigenvalue weighted by molar-refractivity contribution is 5.94. The fraction of sp³-hybridized carbons (Fsp3) is 0.385. The van der Waals surface area contributed by atoms with Crippen LogP contribution in [0.3, 0.4) is 0 Å². The third-order valence-corrected chi connectivity index (χ3v) is 10.6. The lowest BCUT2D eigenvalue weighted by Gasteiger charge is -2.31. The number of hydrogen-bond acceptors (Lipinski definition) is 10. The number of benzene rings is 2. The largest absolute Gasteiger partial charge is 0.458 e. The van der Waals surface area contributed by atoms with E-state index in [9.17, 15) is 29.1 Å². The van der Waals surface area contributed by atoms with Gasteiger partial charge in [-0.1, -0.05) is 37.3 Å². The van der Waals surface area contributed by atoms with Gasteiger partial charge in [0.15, 0.2) is 11.4 Å². The minimum absolute atomic E-state index is 0.0103. The molecule has 276 valence electrons. The summed E-state index contributed by atoms with van der Waals surface area (Å²) in [5, 5.41) is 17.6. The number of aromatic nitrogens is 2. The first-order valence-electron chi connectivity index (χ1n) is 17.7. The van der Waals surface area contributed by atoms with Crippen LogP contribution < -0.4 is 21.9 Å². The van der Waals surface area contributed by atoms with Gasteiger partial charge in [-0.3, -0.25) is 19.2 Å². The maximum absolute atomic E-state index is 15.2. The van der Waals surface area contributed by atoms with Crippen molar-refractivity contribution in [3.63, 3.8) is 0 Å². The third kappa shape index (κ3) is 6.51. The second kappa shape index (κ2) is 14.3. The Labute approximate surface area is 303 Å². The Morgan fingerprint density at radius 3 is 2.70 bits per heavy atom. The molecule has 0 spiro atoms. The summed E-state index contributed by atoms with van der Waals surface area (Å²) in [6, 6.07) is 10.9. The van der Waals surface area contributed by atoms with Gasteiger partial charge in [-0.25, -0.2) is 14.2 Å². The van der Waals surface area contributed by atoms with Gasteiger partial charge in [0.05, 0.1) is 54.2 Å². The van der Waals surface area contributed by atoms with Crippen LogP contribution in [0, 0.1) is 12.7 Å². The van der Waals surface area contributed by atoms with E-state index in [2.05, 4.69) is 10.6 Å². The molecule has 4 heterocycles. The zero-order valence-corrected chi connectivity index (χ0v) is 29.4. The maximum atomic E-state index is 15.2. The van der Waals surface area contributed by atoms with E-state index in [1.165, 1.54) is 10.6 Å². The number of rotatable bonds is 12. The van der Waals surface area contributed by atoms with E-state index < -0.39 is 46.8 Å². The molecule has 7 rings (SSSR count). The highest BCUT2D eigenvalue weighted by atomic mass is 19.1. The normalized spacial score (nSPS) is 18.8. The number of ether oxygens (including phenoxy) is 2. The molecular weight excluding hydrogens is 685 g/mol. The van der Waals surface area contributed by atoms with E-state index >= 15 is 4.39 Å². The van der Waals surface area contributed by atoms with Crippen molar-refractivity contribution in [3.05, 3.63) is 97.6 Å². The molecule has 0 fully saturated rings. The van der Waals surface area contributed by atoms with E-state index in [1.807, 2.05) is 30.3 Å². The Bertz CT molecular complexity index is 2240. The van der Waals surface area contributed by atoms with Crippen molar-refractivity contribution in [3.8, 4) is 11.4 Å². The molecule has 53 heavy (non-hydrogen) atoms. The van der Waals surface area contributed by atoms with Crippen molar-refractivity contribution >= 4 is 34.5 Å². The molecule has 5 N–H and O–H groups in total. The van der Waals surface area contributed by atoms with Gasteiger partial charge in [0.2, 0.25) is 11.8 Å². The van der Waals surface area contributed by atoms with Crippen LogP contribution in [0.1, 0.15) is 71.2 Å². The van der Waals surface area contributed by atoms with E-state index in [4.69, 9.17) is 20.2 Å². The number of hydrogen-bond donors (Lipinski definition) is 4.